The zero-order valence-electron chi connectivity index (χ0n) is 11.5. The summed E-state index contributed by atoms with van der Waals surface area (Å²) in [5.74, 6) is -1.54. The number of hydrogen-bond acceptors (Lipinski definition) is 4. The molecule has 6 heteroatoms. The summed E-state index contributed by atoms with van der Waals surface area (Å²) in [4.78, 5) is 15.5. The Hall–Kier alpha value is -1.66. The normalized spacial score (nSPS) is 17.1. The molecule has 0 bridgehead atoms. The van der Waals surface area contributed by atoms with E-state index >= 15 is 0 Å². The van der Waals surface area contributed by atoms with Crippen molar-refractivity contribution in [1.82, 2.24) is 9.80 Å². The summed E-state index contributed by atoms with van der Waals surface area (Å²) >= 11 is 0. The second-order valence-corrected chi connectivity index (χ2v) is 4.94. The molecule has 5 nitrogen and oxygen atoms in total. The van der Waals surface area contributed by atoms with Crippen LogP contribution in [0.3, 0.4) is 0 Å². The maximum Gasteiger partial charge on any atom is 0.339 e. The zero-order chi connectivity index (χ0) is 14.5. The van der Waals surface area contributed by atoms with Crippen LogP contribution >= 0.6 is 0 Å². The van der Waals surface area contributed by atoms with Gasteiger partial charge in [-0.25, -0.2) is 9.18 Å². The highest BCUT2D eigenvalue weighted by molar-refractivity contribution is 5.90. The van der Waals surface area contributed by atoms with E-state index in [2.05, 4.69) is 16.8 Å². The van der Waals surface area contributed by atoms with Crippen LogP contribution in [0, 0.1) is 5.82 Å². The molecule has 0 saturated carbocycles. The Balaban J connectivity index is 1.86. The number of likely N-dealkylation sites (N-methyl/N-ethyl adjacent to an activating group) is 1. The van der Waals surface area contributed by atoms with Crippen LogP contribution in [0.2, 0.25) is 0 Å². The van der Waals surface area contributed by atoms with E-state index in [1.807, 2.05) is 0 Å². The quantitative estimate of drug-likeness (QED) is 0.878. The first-order valence-electron chi connectivity index (χ1n) is 6.63. The highest BCUT2D eigenvalue weighted by Gasteiger charge is 2.15. The van der Waals surface area contributed by atoms with Crippen LogP contribution in [-0.4, -0.2) is 67.3 Å². The molecule has 1 fully saturated rings. The molecule has 1 N–H and O–H groups in total. The van der Waals surface area contributed by atoms with Crippen LogP contribution in [0.4, 0.5) is 4.39 Å². The molecule has 0 spiro atoms. The average Bonchev–Trinajstić information content (AvgIpc) is 2.42. The molecule has 1 aromatic carbocycles. The van der Waals surface area contributed by atoms with Gasteiger partial charge in [0.15, 0.2) is 0 Å². The Labute approximate surface area is 117 Å². The molecular weight excluding hydrogens is 263 g/mol. The SMILES string of the molecule is CN1CCN(CCOc2ccc(F)cc2C(=O)O)CC1. The van der Waals surface area contributed by atoms with E-state index in [0.717, 1.165) is 38.8 Å². The largest absolute Gasteiger partial charge is 0.491 e. The van der Waals surface area contributed by atoms with Gasteiger partial charge in [-0.15, -0.1) is 0 Å². The molecular formula is C14H19FN2O3. The number of carboxylic acid groups (broad SMARTS) is 1. The molecule has 1 heterocycles. The van der Waals surface area contributed by atoms with Gasteiger partial charge in [0.05, 0.1) is 0 Å². The van der Waals surface area contributed by atoms with Crippen LogP contribution in [0.25, 0.3) is 0 Å². The third kappa shape index (κ3) is 3.91. The smallest absolute Gasteiger partial charge is 0.339 e. The van der Waals surface area contributed by atoms with Crippen LogP contribution in [0.5, 0.6) is 5.75 Å². The Morgan fingerprint density at radius 2 is 2.05 bits per heavy atom. The summed E-state index contributed by atoms with van der Waals surface area (Å²) in [7, 11) is 2.09. The highest BCUT2D eigenvalue weighted by atomic mass is 19.1. The Morgan fingerprint density at radius 1 is 1.35 bits per heavy atom. The van der Waals surface area contributed by atoms with Gasteiger partial charge >= 0.3 is 5.97 Å². The summed E-state index contributed by atoms with van der Waals surface area (Å²) in [5, 5.41) is 9.00. The number of ether oxygens (including phenoxy) is 1. The minimum atomic E-state index is -1.18. The lowest BCUT2D eigenvalue weighted by Crippen LogP contribution is -2.45. The number of carboxylic acids is 1. The predicted octanol–water partition coefficient (Wildman–Crippen LogP) is 1.15. The molecule has 0 radical (unpaired) electrons. The summed E-state index contributed by atoms with van der Waals surface area (Å²) < 4.78 is 18.5. The lowest BCUT2D eigenvalue weighted by Gasteiger charge is -2.32. The molecule has 110 valence electrons. The molecule has 0 aromatic heterocycles. The maximum absolute atomic E-state index is 13.0. The van der Waals surface area contributed by atoms with Crippen molar-refractivity contribution >= 4 is 5.97 Å². The monoisotopic (exact) mass is 282 g/mol. The van der Waals surface area contributed by atoms with Gasteiger partial charge in [0.1, 0.15) is 23.7 Å². The van der Waals surface area contributed by atoms with Gasteiger partial charge in [0.25, 0.3) is 0 Å². The highest BCUT2D eigenvalue weighted by Crippen LogP contribution is 2.19. The van der Waals surface area contributed by atoms with Crippen LogP contribution in [0.15, 0.2) is 18.2 Å². The molecule has 2 rings (SSSR count). The van der Waals surface area contributed by atoms with Gasteiger partial charge in [-0.05, 0) is 25.2 Å². The van der Waals surface area contributed by atoms with Crippen LogP contribution in [-0.2, 0) is 0 Å². The topological polar surface area (TPSA) is 53.0 Å². The fourth-order valence-electron chi connectivity index (χ4n) is 2.15. The van der Waals surface area contributed by atoms with Crippen molar-refractivity contribution in [2.24, 2.45) is 0 Å². The van der Waals surface area contributed by atoms with Crippen molar-refractivity contribution in [1.29, 1.82) is 0 Å². The average molecular weight is 282 g/mol. The number of carbonyl (C=O) groups is 1. The first kappa shape index (κ1) is 14.7. The fraction of sp³-hybridized carbons (Fsp3) is 0.500. The molecule has 0 unspecified atom stereocenters. The predicted molar refractivity (Wildman–Crippen MR) is 72.8 cm³/mol. The first-order valence-corrected chi connectivity index (χ1v) is 6.63. The minimum absolute atomic E-state index is 0.136. The summed E-state index contributed by atoms with van der Waals surface area (Å²) in [6.45, 7) is 5.15. The van der Waals surface area contributed by atoms with E-state index in [1.165, 1.54) is 12.1 Å². The molecule has 0 amide bonds. The van der Waals surface area contributed by atoms with Crippen molar-refractivity contribution in [3.05, 3.63) is 29.6 Å². The van der Waals surface area contributed by atoms with Crippen molar-refractivity contribution in [2.75, 3.05) is 46.4 Å². The lowest BCUT2D eigenvalue weighted by atomic mass is 10.2. The number of piperazine rings is 1. The number of aromatic carboxylic acids is 1. The number of rotatable bonds is 5. The number of halogens is 1. The zero-order valence-corrected chi connectivity index (χ0v) is 11.5. The molecule has 1 aromatic rings. The van der Waals surface area contributed by atoms with Gasteiger partial charge in [-0.2, -0.15) is 0 Å². The number of nitrogens with zero attached hydrogens (tertiary/aromatic N) is 2. The van der Waals surface area contributed by atoms with E-state index in [9.17, 15) is 9.18 Å². The van der Waals surface area contributed by atoms with E-state index in [-0.39, 0.29) is 11.3 Å². The van der Waals surface area contributed by atoms with E-state index < -0.39 is 11.8 Å². The van der Waals surface area contributed by atoms with Gasteiger partial charge < -0.3 is 14.7 Å². The molecule has 0 atom stereocenters. The first-order chi connectivity index (χ1) is 9.56. The van der Waals surface area contributed by atoms with Gasteiger partial charge in [0.2, 0.25) is 0 Å². The fourth-order valence-corrected chi connectivity index (χ4v) is 2.15. The molecule has 1 aliphatic rings. The van der Waals surface area contributed by atoms with Crippen molar-refractivity contribution in [3.8, 4) is 5.75 Å². The molecule has 0 aliphatic carbocycles. The Kier molecular flexibility index (Phi) is 4.92. The number of benzene rings is 1. The summed E-state index contributed by atoms with van der Waals surface area (Å²) in [6, 6.07) is 3.55. The third-order valence-electron chi connectivity index (χ3n) is 3.43. The second-order valence-electron chi connectivity index (χ2n) is 4.94. The van der Waals surface area contributed by atoms with Gasteiger partial charge in [-0.1, -0.05) is 0 Å². The second kappa shape index (κ2) is 6.67. The Bertz CT molecular complexity index is 473. The number of hydrogen-bond donors (Lipinski definition) is 1. The van der Waals surface area contributed by atoms with Crippen molar-refractivity contribution in [3.63, 3.8) is 0 Å². The third-order valence-corrected chi connectivity index (χ3v) is 3.43. The lowest BCUT2D eigenvalue weighted by molar-refractivity contribution is 0.0690. The standard InChI is InChI=1S/C14H19FN2O3/c1-16-4-6-17(7-5-16)8-9-20-13-3-2-11(15)10-12(13)14(18)19/h2-3,10H,4-9H2,1H3,(H,18,19). The van der Waals surface area contributed by atoms with E-state index in [1.54, 1.807) is 0 Å². The van der Waals surface area contributed by atoms with E-state index in [4.69, 9.17) is 9.84 Å². The molecule has 1 saturated heterocycles. The van der Waals surface area contributed by atoms with Crippen molar-refractivity contribution in [2.45, 2.75) is 0 Å². The van der Waals surface area contributed by atoms with E-state index in [0.29, 0.717) is 6.61 Å². The van der Waals surface area contributed by atoms with Gasteiger partial charge in [0, 0.05) is 32.7 Å². The Morgan fingerprint density at radius 3 is 2.70 bits per heavy atom. The van der Waals surface area contributed by atoms with Crippen molar-refractivity contribution < 1.29 is 19.0 Å². The molecule has 1 aliphatic heterocycles. The van der Waals surface area contributed by atoms with Crippen LogP contribution < -0.4 is 4.74 Å². The van der Waals surface area contributed by atoms with Gasteiger partial charge in [-0.3, -0.25) is 4.90 Å². The molecule has 20 heavy (non-hydrogen) atoms. The summed E-state index contributed by atoms with van der Waals surface area (Å²) in [5.41, 5.74) is -0.136. The van der Waals surface area contributed by atoms with Crippen LogP contribution in [0.1, 0.15) is 10.4 Å². The maximum atomic E-state index is 13.0. The summed E-state index contributed by atoms with van der Waals surface area (Å²) in [6.07, 6.45) is 0. The minimum Gasteiger partial charge on any atom is -0.491 e.